The zero-order chi connectivity index (χ0) is 9.42. The van der Waals surface area contributed by atoms with Gasteiger partial charge < -0.3 is 0 Å². The first-order valence-corrected chi connectivity index (χ1v) is 4.12. The molecule has 0 saturated carbocycles. The summed E-state index contributed by atoms with van der Waals surface area (Å²) in [4.78, 5) is 14.2. The number of hydrogen-bond donors (Lipinski definition) is 1. The second-order valence-corrected chi connectivity index (χ2v) is 3.15. The average Bonchev–Trinajstić information content (AvgIpc) is 2.42. The molecule has 0 aliphatic carbocycles. The topological polar surface area (TPSA) is 31.0 Å². The highest BCUT2D eigenvalue weighted by Gasteiger charge is 2.07. The molecule has 0 aromatic heterocycles. The molecular weight excluding hydrogens is 162 g/mol. The van der Waals surface area contributed by atoms with E-state index in [1.807, 2.05) is 24.3 Å². The molecule has 64 valence electrons. The second kappa shape index (κ2) is 2.66. The van der Waals surface area contributed by atoms with Crippen molar-refractivity contribution in [1.82, 2.24) is 0 Å². The summed E-state index contributed by atoms with van der Waals surface area (Å²) >= 11 is 0. The van der Waals surface area contributed by atoms with E-state index in [4.69, 9.17) is 0 Å². The van der Waals surface area contributed by atoms with Crippen molar-refractivity contribution in [3.63, 3.8) is 0 Å². The Morgan fingerprint density at radius 1 is 1.46 bits per heavy atom. The van der Waals surface area contributed by atoms with Crippen LogP contribution >= 0.6 is 0 Å². The van der Waals surface area contributed by atoms with E-state index in [0.717, 1.165) is 21.8 Å². The van der Waals surface area contributed by atoms with Crippen LogP contribution in [-0.2, 0) is 0 Å². The van der Waals surface area contributed by atoms with Gasteiger partial charge in [0.05, 0.1) is 5.22 Å². The molecule has 2 rings (SSSR count). The molecule has 1 aliphatic rings. The molecular formula is C11H10NO+. The molecule has 1 aromatic carbocycles. The summed E-state index contributed by atoms with van der Waals surface area (Å²) < 4.78 is 0. The van der Waals surface area contributed by atoms with Crippen molar-refractivity contribution in [1.29, 1.82) is 0 Å². The molecule has 0 radical (unpaired) electrons. The SMILES string of the molecule is C=C1C=c2cc(C(C)=O)ccc2=[NH+]1. The number of benzene rings is 1. The van der Waals surface area contributed by atoms with Crippen LogP contribution in [0, 0.1) is 0 Å². The van der Waals surface area contributed by atoms with Crippen LogP contribution in [0.4, 0.5) is 0 Å². The van der Waals surface area contributed by atoms with Gasteiger partial charge in [-0.3, -0.25) is 4.79 Å². The van der Waals surface area contributed by atoms with E-state index < -0.39 is 0 Å². The van der Waals surface area contributed by atoms with E-state index in [0.29, 0.717) is 0 Å². The van der Waals surface area contributed by atoms with Gasteiger partial charge in [0.1, 0.15) is 0 Å². The Bertz CT molecular complexity index is 511. The van der Waals surface area contributed by atoms with Crippen LogP contribution in [-0.4, -0.2) is 5.78 Å². The number of allylic oxidation sites excluding steroid dienone is 1. The van der Waals surface area contributed by atoms with E-state index in [1.165, 1.54) is 0 Å². The maximum absolute atomic E-state index is 11.1. The first kappa shape index (κ1) is 7.92. The van der Waals surface area contributed by atoms with Crippen LogP contribution in [0.15, 0.2) is 30.5 Å². The second-order valence-electron chi connectivity index (χ2n) is 3.15. The van der Waals surface area contributed by atoms with Gasteiger partial charge in [0, 0.05) is 17.7 Å². The first-order chi connectivity index (χ1) is 6.16. The Labute approximate surface area is 75.9 Å². The Balaban J connectivity index is 2.73. The lowest BCUT2D eigenvalue weighted by Gasteiger charge is -1.89. The zero-order valence-corrected chi connectivity index (χ0v) is 7.42. The predicted molar refractivity (Wildman–Crippen MR) is 49.4 cm³/mol. The number of carbonyl (C=O) groups excluding carboxylic acids is 1. The van der Waals surface area contributed by atoms with Crippen molar-refractivity contribution in [2.45, 2.75) is 6.92 Å². The summed E-state index contributed by atoms with van der Waals surface area (Å²) in [5.74, 6) is 0.0914. The number of carbonyl (C=O) groups is 1. The third-order valence-corrected chi connectivity index (χ3v) is 2.08. The molecule has 2 heteroatoms. The molecule has 0 unspecified atom stereocenters. The molecule has 0 bridgehead atoms. The number of hydrogen-bond acceptors (Lipinski definition) is 1. The van der Waals surface area contributed by atoms with E-state index in [9.17, 15) is 4.79 Å². The minimum atomic E-state index is 0.0914. The van der Waals surface area contributed by atoms with Crippen molar-refractivity contribution in [2.24, 2.45) is 0 Å². The molecule has 1 aromatic rings. The summed E-state index contributed by atoms with van der Waals surface area (Å²) in [5, 5.41) is 2.06. The molecule has 1 N–H and O–H groups in total. The fourth-order valence-electron chi connectivity index (χ4n) is 1.41. The largest absolute Gasteiger partial charge is 0.295 e. The molecule has 1 aliphatic heterocycles. The number of nitrogens with one attached hydrogen (secondary N) is 1. The van der Waals surface area contributed by atoms with Crippen LogP contribution in [0.5, 0.6) is 0 Å². The average molecular weight is 172 g/mol. The molecule has 0 fully saturated rings. The van der Waals surface area contributed by atoms with Gasteiger partial charge >= 0.3 is 0 Å². The smallest absolute Gasteiger partial charge is 0.211 e. The molecule has 0 atom stereocenters. The van der Waals surface area contributed by atoms with E-state index >= 15 is 0 Å². The summed E-state index contributed by atoms with van der Waals surface area (Å²) in [5.41, 5.74) is 1.61. The Morgan fingerprint density at radius 3 is 2.92 bits per heavy atom. The highest BCUT2D eigenvalue weighted by Crippen LogP contribution is 1.93. The third-order valence-electron chi connectivity index (χ3n) is 2.08. The predicted octanol–water partition coefficient (Wildman–Crippen LogP) is -1.10. The summed E-state index contributed by atoms with van der Waals surface area (Å²) in [6.45, 7) is 5.36. The van der Waals surface area contributed by atoms with Crippen molar-refractivity contribution in [3.05, 3.63) is 46.6 Å². The summed E-state index contributed by atoms with van der Waals surface area (Å²) in [7, 11) is 0. The van der Waals surface area contributed by atoms with E-state index in [2.05, 4.69) is 11.6 Å². The van der Waals surface area contributed by atoms with Gasteiger partial charge in [-0.05, 0) is 25.6 Å². The fourth-order valence-corrected chi connectivity index (χ4v) is 1.41. The normalized spacial score (nSPS) is 13.2. The van der Waals surface area contributed by atoms with Crippen LogP contribution < -0.4 is 15.6 Å². The maximum Gasteiger partial charge on any atom is 0.211 e. The fraction of sp³-hybridized carbons (Fsp3) is 0.0909. The van der Waals surface area contributed by atoms with Gasteiger partial charge in [-0.2, -0.15) is 0 Å². The van der Waals surface area contributed by atoms with E-state index in [-0.39, 0.29) is 5.78 Å². The Kier molecular flexibility index (Phi) is 1.62. The molecule has 0 spiro atoms. The molecule has 1 heterocycles. The van der Waals surface area contributed by atoms with Crippen molar-refractivity contribution < 1.29 is 9.79 Å². The van der Waals surface area contributed by atoms with Gasteiger partial charge in [0.25, 0.3) is 0 Å². The quantitative estimate of drug-likeness (QED) is 0.535. The van der Waals surface area contributed by atoms with Crippen molar-refractivity contribution in [3.8, 4) is 0 Å². The highest BCUT2D eigenvalue weighted by molar-refractivity contribution is 5.94. The van der Waals surface area contributed by atoms with E-state index in [1.54, 1.807) is 6.92 Å². The zero-order valence-electron chi connectivity index (χ0n) is 7.42. The summed E-state index contributed by atoms with van der Waals surface area (Å²) in [6.07, 6.45) is 1.93. The van der Waals surface area contributed by atoms with Gasteiger partial charge in [0.15, 0.2) is 11.5 Å². The summed E-state index contributed by atoms with van der Waals surface area (Å²) in [6, 6.07) is 5.60. The van der Waals surface area contributed by atoms with Crippen molar-refractivity contribution in [2.75, 3.05) is 0 Å². The number of ketones is 1. The van der Waals surface area contributed by atoms with Gasteiger partial charge in [-0.1, -0.05) is 0 Å². The van der Waals surface area contributed by atoms with Gasteiger partial charge in [-0.25, -0.2) is 4.99 Å². The molecule has 13 heavy (non-hydrogen) atoms. The van der Waals surface area contributed by atoms with Gasteiger partial charge in [0.2, 0.25) is 5.36 Å². The number of Topliss-reactive ketones (excluding diaryl/α,β-unsaturated/α-hetero) is 1. The standard InChI is InChI=1S/C11H9NO/c1-7-5-10-6-9(8(2)13)3-4-11(10)12-7/h3-6H,1H2,2H3/p+1. The Morgan fingerprint density at radius 2 is 2.23 bits per heavy atom. The lowest BCUT2D eigenvalue weighted by molar-refractivity contribution is -0.430. The molecule has 2 nitrogen and oxygen atoms in total. The first-order valence-electron chi connectivity index (χ1n) is 4.12. The van der Waals surface area contributed by atoms with Crippen LogP contribution in [0.2, 0.25) is 0 Å². The lowest BCUT2D eigenvalue weighted by atomic mass is 10.1. The van der Waals surface area contributed by atoms with Crippen LogP contribution in [0.3, 0.4) is 0 Å². The lowest BCUT2D eigenvalue weighted by Crippen LogP contribution is -2.73. The third kappa shape index (κ3) is 1.31. The monoisotopic (exact) mass is 172 g/mol. The number of fused-ring (bicyclic) bond motifs is 1. The minimum Gasteiger partial charge on any atom is -0.295 e. The number of rotatable bonds is 1. The molecule has 0 amide bonds. The van der Waals surface area contributed by atoms with Crippen LogP contribution in [0.1, 0.15) is 17.3 Å². The molecule has 0 saturated heterocycles. The van der Waals surface area contributed by atoms with Crippen molar-refractivity contribution >= 4 is 11.9 Å². The Hall–Kier alpha value is -1.70. The highest BCUT2D eigenvalue weighted by atomic mass is 16.1. The van der Waals surface area contributed by atoms with Gasteiger partial charge in [-0.15, -0.1) is 0 Å². The van der Waals surface area contributed by atoms with Crippen LogP contribution in [0.25, 0.3) is 6.08 Å². The minimum absolute atomic E-state index is 0.0914. The maximum atomic E-state index is 11.1.